The molecular weight excluding hydrogens is 488 g/mol. The molecule has 2 nitrogen and oxygen atoms in total. The lowest BCUT2D eigenvalue weighted by Gasteiger charge is -2.12. The lowest BCUT2D eigenvalue weighted by molar-refractivity contribution is 0.405. The molecule has 0 aliphatic rings. The van der Waals surface area contributed by atoms with Gasteiger partial charge in [-0.1, -0.05) is 45.2 Å². The Bertz CT molecular complexity index is 668. The third-order valence-corrected chi connectivity index (χ3v) is 4.82. The van der Waals surface area contributed by atoms with Crippen LogP contribution in [0.15, 0.2) is 39.3 Å². The SMILES string of the molecule is COc1c(Br)cc(Br)cc1CNCCc1ccc(Cl)cc1Cl.Cl. The van der Waals surface area contributed by atoms with Gasteiger partial charge in [0.15, 0.2) is 0 Å². The van der Waals surface area contributed by atoms with Gasteiger partial charge < -0.3 is 10.1 Å². The fourth-order valence-electron chi connectivity index (χ4n) is 2.14. The summed E-state index contributed by atoms with van der Waals surface area (Å²) in [6.45, 7) is 1.53. The predicted octanol–water partition coefficient (Wildman–Crippen LogP) is 6.28. The number of methoxy groups -OCH3 is 1. The van der Waals surface area contributed by atoms with Crippen LogP contribution in [0.25, 0.3) is 0 Å². The van der Waals surface area contributed by atoms with Gasteiger partial charge in [-0.3, -0.25) is 0 Å². The van der Waals surface area contributed by atoms with Crippen molar-refractivity contribution in [2.24, 2.45) is 0 Å². The molecule has 2 aromatic carbocycles. The summed E-state index contributed by atoms with van der Waals surface area (Å²) >= 11 is 19.1. The average molecular weight is 504 g/mol. The topological polar surface area (TPSA) is 21.3 Å². The minimum Gasteiger partial charge on any atom is -0.495 e. The number of benzene rings is 2. The van der Waals surface area contributed by atoms with Crippen LogP contribution in [0.5, 0.6) is 5.75 Å². The van der Waals surface area contributed by atoms with Gasteiger partial charge in [-0.15, -0.1) is 12.4 Å². The third-order valence-electron chi connectivity index (χ3n) is 3.19. The normalized spacial score (nSPS) is 10.3. The van der Waals surface area contributed by atoms with Crippen LogP contribution in [-0.2, 0) is 13.0 Å². The van der Waals surface area contributed by atoms with Crippen molar-refractivity contribution in [2.75, 3.05) is 13.7 Å². The molecule has 2 rings (SSSR count). The molecule has 0 spiro atoms. The Morgan fingerprint density at radius 1 is 1.09 bits per heavy atom. The van der Waals surface area contributed by atoms with Crippen molar-refractivity contribution in [1.82, 2.24) is 5.32 Å². The summed E-state index contributed by atoms with van der Waals surface area (Å²) in [4.78, 5) is 0. The predicted molar refractivity (Wildman–Crippen MR) is 108 cm³/mol. The van der Waals surface area contributed by atoms with Crippen LogP contribution in [0, 0.1) is 0 Å². The summed E-state index contributed by atoms with van der Waals surface area (Å²) in [5, 5.41) is 4.77. The van der Waals surface area contributed by atoms with E-state index in [4.69, 9.17) is 27.9 Å². The van der Waals surface area contributed by atoms with Crippen LogP contribution < -0.4 is 10.1 Å². The summed E-state index contributed by atoms with van der Waals surface area (Å²) in [7, 11) is 1.67. The van der Waals surface area contributed by atoms with Gasteiger partial charge in [0.25, 0.3) is 0 Å². The fraction of sp³-hybridized carbons (Fsp3) is 0.250. The first-order valence-corrected chi connectivity index (χ1v) is 9.02. The van der Waals surface area contributed by atoms with Gasteiger partial charge in [0.05, 0.1) is 11.6 Å². The van der Waals surface area contributed by atoms with Crippen LogP contribution in [0.1, 0.15) is 11.1 Å². The Morgan fingerprint density at radius 3 is 2.48 bits per heavy atom. The van der Waals surface area contributed by atoms with Gasteiger partial charge in [0, 0.05) is 26.6 Å². The van der Waals surface area contributed by atoms with Crippen LogP contribution >= 0.6 is 67.5 Å². The van der Waals surface area contributed by atoms with E-state index < -0.39 is 0 Å². The van der Waals surface area contributed by atoms with E-state index in [0.717, 1.165) is 38.8 Å². The van der Waals surface area contributed by atoms with Gasteiger partial charge in [-0.2, -0.15) is 0 Å². The molecule has 0 aliphatic heterocycles. The quantitative estimate of drug-likeness (QED) is 0.468. The number of ether oxygens (including phenoxy) is 1. The van der Waals surface area contributed by atoms with E-state index in [1.165, 1.54) is 0 Å². The molecule has 0 bridgehead atoms. The van der Waals surface area contributed by atoms with E-state index in [1.807, 2.05) is 24.3 Å². The monoisotopic (exact) mass is 501 g/mol. The highest BCUT2D eigenvalue weighted by Gasteiger charge is 2.09. The first-order valence-electron chi connectivity index (χ1n) is 6.68. The number of hydrogen-bond donors (Lipinski definition) is 1. The van der Waals surface area contributed by atoms with Crippen molar-refractivity contribution in [2.45, 2.75) is 13.0 Å². The van der Waals surface area contributed by atoms with Crippen LogP contribution in [0.3, 0.4) is 0 Å². The second kappa shape index (κ2) is 10.1. The molecule has 0 radical (unpaired) electrons. The Labute approximate surface area is 169 Å². The number of hydrogen-bond acceptors (Lipinski definition) is 2. The Balaban J connectivity index is 0.00000264. The minimum absolute atomic E-state index is 0. The Hall–Kier alpha value is 0.0300. The molecule has 0 heterocycles. The Kier molecular flexibility index (Phi) is 9.27. The molecule has 0 saturated carbocycles. The van der Waals surface area contributed by atoms with E-state index in [-0.39, 0.29) is 12.4 Å². The zero-order valence-electron chi connectivity index (χ0n) is 12.3. The molecular formula is C16H16Br2Cl3NO. The van der Waals surface area contributed by atoms with Gasteiger partial charge in [0.1, 0.15) is 5.75 Å². The average Bonchev–Trinajstić information content (AvgIpc) is 2.45. The van der Waals surface area contributed by atoms with Gasteiger partial charge in [0.2, 0.25) is 0 Å². The molecule has 23 heavy (non-hydrogen) atoms. The van der Waals surface area contributed by atoms with E-state index in [2.05, 4.69) is 37.2 Å². The number of halogens is 5. The number of nitrogens with one attached hydrogen (secondary N) is 1. The van der Waals surface area contributed by atoms with E-state index >= 15 is 0 Å². The highest BCUT2D eigenvalue weighted by atomic mass is 79.9. The van der Waals surface area contributed by atoms with E-state index in [9.17, 15) is 0 Å². The molecule has 126 valence electrons. The van der Waals surface area contributed by atoms with Crippen LogP contribution in [0.4, 0.5) is 0 Å². The standard InChI is InChI=1S/C16H15Br2Cl2NO.ClH/c1-22-16-11(6-12(17)7-14(16)18)9-21-5-4-10-2-3-13(19)8-15(10)20;/h2-3,6-8,21H,4-5,9H2,1H3;1H. The largest absolute Gasteiger partial charge is 0.495 e. The lowest BCUT2D eigenvalue weighted by atomic mass is 10.1. The summed E-state index contributed by atoms with van der Waals surface area (Å²) in [6.07, 6.45) is 0.841. The second-order valence-corrected chi connectivity index (χ2v) is 7.36. The highest BCUT2D eigenvalue weighted by molar-refractivity contribution is 9.11. The maximum absolute atomic E-state index is 6.17. The maximum Gasteiger partial charge on any atom is 0.137 e. The van der Waals surface area contributed by atoms with Crippen molar-refractivity contribution in [3.63, 3.8) is 0 Å². The van der Waals surface area contributed by atoms with Gasteiger partial charge in [-0.05, 0) is 58.7 Å². The van der Waals surface area contributed by atoms with Crippen molar-refractivity contribution in [1.29, 1.82) is 0 Å². The summed E-state index contributed by atoms with van der Waals surface area (Å²) in [5.41, 5.74) is 2.17. The lowest BCUT2D eigenvalue weighted by Crippen LogP contribution is -2.17. The van der Waals surface area contributed by atoms with Crippen molar-refractivity contribution < 1.29 is 4.74 Å². The molecule has 0 fully saturated rings. The molecule has 0 unspecified atom stereocenters. The molecule has 2 aromatic rings. The Morgan fingerprint density at radius 2 is 1.83 bits per heavy atom. The van der Waals surface area contributed by atoms with E-state index in [0.29, 0.717) is 16.6 Å². The van der Waals surface area contributed by atoms with E-state index in [1.54, 1.807) is 13.2 Å². The van der Waals surface area contributed by atoms with Crippen molar-refractivity contribution >= 4 is 67.5 Å². The fourth-order valence-corrected chi connectivity index (χ4v) is 4.12. The first-order chi connectivity index (χ1) is 10.5. The summed E-state index contributed by atoms with van der Waals surface area (Å²) in [5.74, 6) is 0.847. The number of rotatable bonds is 6. The molecule has 0 aliphatic carbocycles. The summed E-state index contributed by atoms with van der Waals surface area (Å²) in [6, 6.07) is 9.61. The molecule has 7 heteroatoms. The van der Waals surface area contributed by atoms with Gasteiger partial charge in [-0.25, -0.2) is 0 Å². The zero-order valence-corrected chi connectivity index (χ0v) is 17.8. The van der Waals surface area contributed by atoms with Crippen LogP contribution in [-0.4, -0.2) is 13.7 Å². The van der Waals surface area contributed by atoms with Crippen molar-refractivity contribution in [3.8, 4) is 5.75 Å². The highest BCUT2D eigenvalue weighted by Crippen LogP contribution is 2.32. The second-order valence-electron chi connectivity index (χ2n) is 4.74. The molecule has 0 atom stereocenters. The van der Waals surface area contributed by atoms with Gasteiger partial charge >= 0.3 is 0 Å². The molecule has 1 N–H and O–H groups in total. The minimum atomic E-state index is 0. The molecule has 0 aromatic heterocycles. The third kappa shape index (κ3) is 6.11. The van der Waals surface area contributed by atoms with Crippen molar-refractivity contribution in [3.05, 3.63) is 60.4 Å². The molecule has 0 amide bonds. The summed E-state index contributed by atoms with van der Waals surface area (Å²) < 4.78 is 7.38. The smallest absolute Gasteiger partial charge is 0.137 e. The maximum atomic E-state index is 6.17. The zero-order chi connectivity index (χ0) is 16.1. The first kappa shape index (κ1) is 21.1. The van der Waals surface area contributed by atoms with Crippen LogP contribution in [0.2, 0.25) is 10.0 Å². The molecule has 0 saturated heterocycles.